The van der Waals surface area contributed by atoms with Crippen LogP contribution in [0.15, 0.2) is 24.3 Å². The van der Waals surface area contributed by atoms with Crippen molar-refractivity contribution < 1.29 is 0 Å². The van der Waals surface area contributed by atoms with Crippen molar-refractivity contribution in [3.05, 3.63) is 29.3 Å². The van der Waals surface area contributed by atoms with Gasteiger partial charge in [-0.05, 0) is 31.9 Å². The average Bonchev–Trinajstić information content (AvgIpc) is 2.96. The first-order valence-corrected chi connectivity index (χ1v) is 7.26. The molecule has 2 aromatic rings. The maximum absolute atomic E-state index is 4.71. The van der Waals surface area contributed by atoms with Crippen molar-refractivity contribution in [2.24, 2.45) is 0 Å². The van der Waals surface area contributed by atoms with E-state index in [-0.39, 0.29) is 0 Å². The van der Waals surface area contributed by atoms with Gasteiger partial charge in [0.15, 0.2) is 0 Å². The van der Waals surface area contributed by atoms with Gasteiger partial charge < -0.3 is 5.32 Å². The second kappa shape index (κ2) is 4.75. The van der Waals surface area contributed by atoms with Crippen molar-refractivity contribution in [1.29, 1.82) is 0 Å². The molecule has 2 nitrogen and oxygen atoms in total. The summed E-state index contributed by atoms with van der Waals surface area (Å²) in [6.45, 7) is 2.23. The number of aromatic nitrogens is 1. The topological polar surface area (TPSA) is 24.9 Å². The number of fused-ring (bicyclic) bond motifs is 1. The summed E-state index contributed by atoms with van der Waals surface area (Å²) in [7, 11) is 0. The van der Waals surface area contributed by atoms with E-state index < -0.39 is 0 Å². The molecule has 0 amide bonds. The normalized spacial score (nSPS) is 18.9. The molecule has 1 aromatic heterocycles. The van der Waals surface area contributed by atoms with Gasteiger partial charge >= 0.3 is 0 Å². The second-order valence-electron chi connectivity index (χ2n) is 4.89. The Morgan fingerprint density at radius 2 is 2.06 bits per heavy atom. The molecule has 90 valence electrons. The molecule has 1 N–H and O–H groups in total. The average molecular weight is 246 g/mol. The van der Waals surface area contributed by atoms with E-state index in [9.17, 15) is 0 Å². The van der Waals surface area contributed by atoms with Gasteiger partial charge in [0.25, 0.3) is 0 Å². The lowest BCUT2D eigenvalue weighted by atomic mass is 10.2. The van der Waals surface area contributed by atoms with Gasteiger partial charge in [-0.2, -0.15) is 0 Å². The van der Waals surface area contributed by atoms with E-state index in [1.165, 1.54) is 35.4 Å². The third kappa shape index (κ3) is 2.35. The van der Waals surface area contributed by atoms with Gasteiger partial charge in [0, 0.05) is 6.04 Å². The number of thiazole rings is 1. The monoisotopic (exact) mass is 246 g/mol. The zero-order valence-corrected chi connectivity index (χ0v) is 11.0. The molecule has 3 rings (SSSR count). The molecule has 1 unspecified atom stereocenters. The Balaban J connectivity index is 1.77. The molecule has 3 heteroatoms. The minimum absolute atomic E-state index is 0.385. The molecule has 0 aliphatic heterocycles. The van der Waals surface area contributed by atoms with Gasteiger partial charge in [-0.25, -0.2) is 4.98 Å². The molecule has 1 saturated carbocycles. The van der Waals surface area contributed by atoms with Crippen molar-refractivity contribution in [3.8, 4) is 0 Å². The summed E-state index contributed by atoms with van der Waals surface area (Å²) in [5.41, 5.74) is 1.13. The lowest BCUT2D eigenvalue weighted by Crippen LogP contribution is -2.28. The van der Waals surface area contributed by atoms with Crippen LogP contribution >= 0.6 is 11.3 Å². The molecule has 17 heavy (non-hydrogen) atoms. The summed E-state index contributed by atoms with van der Waals surface area (Å²) >= 11 is 1.82. The van der Waals surface area contributed by atoms with Crippen molar-refractivity contribution in [2.75, 3.05) is 0 Å². The highest BCUT2D eigenvalue weighted by Crippen LogP contribution is 2.28. The van der Waals surface area contributed by atoms with Gasteiger partial charge in [0.1, 0.15) is 5.01 Å². The molecule has 0 radical (unpaired) electrons. The van der Waals surface area contributed by atoms with Gasteiger partial charge in [0.2, 0.25) is 0 Å². The molecule has 1 atom stereocenters. The highest BCUT2D eigenvalue weighted by Gasteiger charge is 2.19. The van der Waals surface area contributed by atoms with E-state index in [0.717, 1.165) is 5.52 Å². The Morgan fingerprint density at radius 3 is 2.82 bits per heavy atom. The van der Waals surface area contributed by atoms with Gasteiger partial charge in [-0.15, -0.1) is 11.3 Å². The van der Waals surface area contributed by atoms with Crippen LogP contribution in [-0.4, -0.2) is 11.0 Å². The Morgan fingerprint density at radius 1 is 1.29 bits per heavy atom. The van der Waals surface area contributed by atoms with Crippen molar-refractivity contribution >= 4 is 21.6 Å². The van der Waals surface area contributed by atoms with E-state index in [0.29, 0.717) is 12.1 Å². The van der Waals surface area contributed by atoms with Gasteiger partial charge in [-0.3, -0.25) is 0 Å². The largest absolute Gasteiger partial charge is 0.305 e. The summed E-state index contributed by atoms with van der Waals surface area (Å²) in [5, 5.41) is 4.92. The highest BCUT2D eigenvalue weighted by molar-refractivity contribution is 7.18. The van der Waals surface area contributed by atoms with E-state index >= 15 is 0 Å². The molecule has 1 aliphatic rings. The molecule has 1 heterocycles. The first kappa shape index (κ1) is 11.2. The van der Waals surface area contributed by atoms with Crippen LogP contribution in [0, 0.1) is 0 Å². The lowest BCUT2D eigenvalue weighted by Gasteiger charge is -2.16. The summed E-state index contributed by atoms with van der Waals surface area (Å²) in [4.78, 5) is 4.71. The first-order chi connectivity index (χ1) is 8.33. The third-order valence-electron chi connectivity index (χ3n) is 3.52. The minimum Gasteiger partial charge on any atom is -0.305 e. The Labute approximate surface area is 106 Å². The summed E-state index contributed by atoms with van der Waals surface area (Å²) in [6, 6.07) is 9.48. The molecular formula is C14H18N2S. The molecular weight excluding hydrogens is 228 g/mol. The number of nitrogens with one attached hydrogen (secondary N) is 1. The third-order valence-corrected chi connectivity index (χ3v) is 4.74. The number of hydrogen-bond acceptors (Lipinski definition) is 3. The van der Waals surface area contributed by atoms with Crippen LogP contribution in [0.1, 0.15) is 43.7 Å². The number of nitrogens with zero attached hydrogens (tertiary/aromatic N) is 1. The maximum atomic E-state index is 4.71. The molecule has 0 bridgehead atoms. The van der Waals surface area contributed by atoms with Crippen molar-refractivity contribution in [1.82, 2.24) is 10.3 Å². The standard InChI is InChI=1S/C14H18N2S/c1-10(15-11-6-2-3-7-11)14-16-12-8-4-5-9-13(12)17-14/h4-5,8-11,15H,2-3,6-7H2,1H3. The lowest BCUT2D eigenvalue weighted by molar-refractivity contribution is 0.460. The summed E-state index contributed by atoms with van der Waals surface area (Å²) in [6.07, 6.45) is 5.42. The Bertz CT molecular complexity index is 467. The number of para-hydroxylation sites is 1. The van der Waals surface area contributed by atoms with E-state index in [1.807, 2.05) is 11.3 Å². The van der Waals surface area contributed by atoms with Crippen LogP contribution in [0.25, 0.3) is 10.2 Å². The minimum atomic E-state index is 0.385. The summed E-state index contributed by atoms with van der Waals surface area (Å²) < 4.78 is 1.29. The SMILES string of the molecule is CC(NC1CCCC1)c1nc2ccccc2s1. The van der Waals surface area contributed by atoms with Crippen LogP contribution in [-0.2, 0) is 0 Å². The number of rotatable bonds is 3. The quantitative estimate of drug-likeness (QED) is 0.888. The van der Waals surface area contributed by atoms with Crippen LogP contribution in [0.3, 0.4) is 0 Å². The Kier molecular flexibility index (Phi) is 3.12. The number of hydrogen-bond donors (Lipinski definition) is 1. The zero-order chi connectivity index (χ0) is 11.7. The zero-order valence-electron chi connectivity index (χ0n) is 10.1. The predicted octanol–water partition coefficient (Wildman–Crippen LogP) is 3.89. The molecule has 1 aromatic carbocycles. The molecule has 0 spiro atoms. The smallest absolute Gasteiger partial charge is 0.111 e. The molecule has 1 aliphatic carbocycles. The van der Waals surface area contributed by atoms with E-state index in [2.05, 4.69) is 36.5 Å². The van der Waals surface area contributed by atoms with Gasteiger partial charge in [-0.1, -0.05) is 25.0 Å². The summed E-state index contributed by atoms with van der Waals surface area (Å²) in [5.74, 6) is 0. The van der Waals surface area contributed by atoms with E-state index in [4.69, 9.17) is 4.98 Å². The predicted molar refractivity (Wildman–Crippen MR) is 73.4 cm³/mol. The second-order valence-corrected chi connectivity index (χ2v) is 5.95. The number of benzene rings is 1. The van der Waals surface area contributed by atoms with Crippen LogP contribution in [0.4, 0.5) is 0 Å². The van der Waals surface area contributed by atoms with Gasteiger partial charge in [0.05, 0.1) is 16.3 Å². The first-order valence-electron chi connectivity index (χ1n) is 6.44. The molecule has 0 saturated heterocycles. The van der Waals surface area contributed by atoms with Crippen molar-refractivity contribution in [3.63, 3.8) is 0 Å². The molecule has 1 fully saturated rings. The Hall–Kier alpha value is -0.930. The fraction of sp³-hybridized carbons (Fsp3) is 0.500. The highest BCUT2D eigenvalue weighted by atomic mass is 32.1. The van der Waals surface area contributed by atoms with Crippen molar-refractivity contribution in [2.45, 2.75) is 44.7 Å². The maximum Gasteiger partial charge on any atom is 0.111 e. The van der Waals surface area contributed by atoms with Crippen LogP contribution in [0.2, 0.25) is 0 Å². The fourth-order valence-electron chi connectivity index (χ4n) is 2.59. The van der Waals surface area contributed by atoms with Crippen LogP contribution < -0.4 is 5.32 Å². The fourth-order valence-corrected chi connectivity index (χ4v) is 3.57. The van der Waals surface area contributed by atoms with E-state index in [1.54, 1.807) is 0 Å². The van der Waals surface area contributed by atoms with Crippen LogP contribution in [0.5, 0.6) is 0 Å².